The third-order valence-corrected chi connectivity index (χ3v) is 1.49. The van der Waals surface area contributed by atoms with Gasteiger partial charge in [-0.3, -0.25) is 0 Å². The van der Waals surface area contributed by atoms with Crippen LogP contribution in [0.4, 0.5) is 0 Å². The van der Waals surface area contributed by atoms with Gasteiger partial charge in [0.05, 0.1) is 11.8 Å². The van der Waals surface area contributed by atoms with E-state index >= 15 is 0 Å². The van der Waals surface area contributed by atoms with Gasteiger partial charge in [-0.1, -0.05) is 0 Å². The molecule has 0 amide bonds. The van der Waals surface area contributed by atoms with Crippen molar-refractivity contribution in [3.05, 3.63) is 35.8 Å². The van der Waals surface area contributed by atoms with Gasteiger partial charge in [0.1, 0.15) is 19.0 Å². The Bertz CT molecular complexity index is 223. The molecule has 0 aromatic rings. The van der Waals surface area contributed by atoms with Crippen LogP contribution in [0.2, 0.25) is 0 Å². The first-order valence-electron chi connectivity index (χ1n) is 3.28. The molecular formula is C8H8O2. The summed E-state index contributed by atoms with van der Waals surface area (Å²) in [7, 11) is 0. The number of ether oxygens (including phenoxy) is 2. The minimum absolute atomic E-state index is 0.632. The topological polar surface area (TPSA) is 18.5 Å². The number of hydrogen-bond donors (Lipinski definition) is 0. The van der Waals surface area contributed by atoms with Crippen LogP contribution in [0.25, 0.3) is 0 Å². The fourth-order valence-electron chi connectivity index (χ4n) is 1.01. The molecule has 0 radical (unpaired) electrons. The Morgan fingerprint density at radius 2 is 2.30 bits per heavy atom. The van der Waals surface area contributed by atoms with Crippen LogP contribution in [0.15, 0.2) is 35.8 Å². The van der Waals surface area contributed by atoms with Gasteiger partial charge in [-0.15, -0.1) is 0 Å². The molecule has 0 unspecified atom stereocenters. The molecule has 0 aromatic carbocycles. The van der Waals surface area contributed by atoms with Crippen molar-refractivity contribution in [2.75, 3.05) is 13.2 Å². The van der Waals surface area contributed by atoms with E-state index in [1.54, 1.807) is 6.26 Å². The molecule has 2 aliphatic heterocycles. The number of allylic oxidation sites excluding steroid dienone is 1. The first-order valence-corrected chi connectivity index (χ1v) is 3.28. The molecule has 0 N–H and O–H groups in total. The molecule has 2 heteroatoms. The van der Waals surface area contributed by atoms with Crippen LogP contribution in [0.3, 0.4) is 0 Å². The number of rotatable bonds is 0. The van der Waals surface area contributed by atoms with Gasteiger partial charge in [-0.25, -0.2) is 0 Å². The monoisotopic (exact) mass is 136 g/mol. The van der Waals surface area contributed by atoms with E-state index in [4.69, 9.17) is 9.47 Å². The van der Waals surface area contributed by atoms with E-state index in [2.05, 4.69) is 0 Å². The second-order valence-electron chi connectivity index (χ2n) is 2.19. The van der Waals surface area contributed by atoms with E-state index in [1.807, 2.05) is 18.2 Å². The number of hydrogen-bond acceptors (Lipinski definition) is 2. The SMILES string of the molecule is C1=CC2=COCC=C2OC1. The van der Waals surface area contributed by atoms with Crippen LogP contribution in [0.1, 0.15) is 0 Å². The van der Waals surface area contributed by atoms with Crippen molar-refractivity contribution in [3.8, 4) is 0 Å². The molecule has 0 aromatic heterocycles. The summed E-state index contributed by atoms with van der Waals surface area (Å²) in [6.45, 7) is 1.32. The average molecular weight is 136 g/mol. The lowest BCUT2D eigenvalue weighted by atomic mass is 10.1. The Labute approximate surface area is 59.4 Å². The van der Waals surface area contributed by atoms with Gasteiger partial charge in [0.25, 0.3) is 0 Å². The summed E-state index contributed by atoms with van der Waals surface area (Å²) in [6, 6.07) is 0. The number of fused-ring (bicyclic) bond motifs is 1. The Morgan fingerprint density at radius 3 is 3.20 bits per heavy atom. The molecule has 2 rings (SSSR count). The van der Waals surface area contributed by atoms with Gasteiger partial charge in [0.15, 0.2) is 0 Å². The van der Waals surface area contributed by atoms with Gasteiger partial charge in [0.2, 0.25) is 0 Å². The van der Waals surface area contributed by atoms with Crippen LogP contribution >= 0.6 is 0 Å². The highest BCUT2D eigenvalue weighted by Gasteiger charge is 2.10. The van der Waals surface area contributed by atoms with Crippen molar-refractivity contribution in [3.63, 3.8) is 0 Å². The summed E-state index contributed by atoms with van der Waals surface area (Å²) in [6.07, 6.45) is 7.65. The third kappa shape index (κ3) is 0.817. The van der Waals surface area contributed by atoms with Crippen LogP contribution < -0.4 is 0 Å². The molecule has 0 atom stereocenters. The molecule has 52 valence electrons. The zero-order chi connectivity index (χ0) is 6.81. The van der Waals surface area contributed by atoms with E-state index < -0.39 is 0 Å². The van der Waals surface area contributed by atoms with E-state index in [1.165, 1.54) is 0 Å². The summed E-state index contributed by atoms with van der Waals surface area (Å²) < 4.78 is 10.4. The van der Waals surface area contributed by atoms with Crippen molar-refractivity contribution in [1.29, 1.82) is 0 Å². The minimum atomic E-state index is 0.632. The predicted molar refractivity (Wildman–Crippen MR) is 37.2 cm³/mol. The molecular weight excluding hydrogens is 128 g/mol. The zero-order valence-electron chi connectivity index (χ0n) is 5.54. The highest BCUT2D eigenvalue weighted by Crippen LogP contribution is 2.20. The Kier molecular flexibility index (Phi) is 1.24. The van der Waals surface area contributed by atoms with Crippen LogP contribution in [-0.4, -0.2) is 13.2 Å². The maximum atomic E-state index is 5.31. The maximum Gasteiger partial charge on any atom is 0.129 e. The Morgan fingerprint density at radius 1 is 1.30 bits per heavy atom. The first-order chi connectivity index (χ1) is 4.97. The van der Waals surface area contributed by atoms with E-state index in [0.29, 0.717) is 13.2 Å². The molecule has 0 bridgehead atoms. The molecule has 2 aliphatic rings. The van der Waals surface area contributed by atoms with Gasteiger partial charge in [0, 0.05) is 0 Å². The molecule has 0 saturated carbocycles. The van der Waals surface area contributed by atoms with Gasteiger partial charge in [-0.05, 0) is 18.2 Å². The largest absolute Gasteiger partial charge is 0.496 e. The van der Waals surface area contributed by atoms with E-state index in [0.717, 1.165) is 11.3 Å². The van der Waals surface area contributed by atoms with Crippen molar-refractivity contribution < 1.29 is 9.47 Å². The van der Waals surface area contributed by atoms with Crippen LogP contribution in [0, 0.1) is 0 Å². The molecule has 2 nitrogen and oxygen atoms in total. The molecule has 0 spiro atoms. The van der Waals surface area contributed by atoms with E-state index in [9.17, 15) is 0 Å². The lowest BCUT2D eigenvalue weighted by Gasteiger charge is -2.17. The summed E-state index contributed by atoms with van der Waals surface area (Å²) in [5.41, 5.74) is 1.04. The van der Waals surface area contributed by atoms with E-state index in [-0.39, 0.29) is 0 Å². The predicted octanol–water partition coefficient (Wildman–Crippen LogP) is 1.37. The van der Waals surface area contributed by atoms with Crippen LogP contribution in [0.5, 0.6) is 0 Å². The Balaban J connectivity index is 2.33. The average Bonchev–Trinajstić information content (AvgIpc) is 2.05. The quantitative estimate of drug-likeness (QED) is 0.500. The summed E-state index contributed by atoms with van der Waals surface area (Å²) in [5, 5.41) is 0. The molecule has 2 heterocycles. The van der Waals surface area contributed by atoms with Gasteiger partial charge < -0.3 is 9.47 Å². The van der Waals surface area contributed by atoms with Crippen molar-refractivity contribution in [2.45, 2.75) is 0 Å². The third-order valence-electron chi connectivity index (χ3n) is 1.49. The molecule has 10 heavy (non-hydrogen) atoms. The lowest BCUT2D eigenvalue weighted by molar-refractivity contribution is 0.218. The summed E-state index contributed by atoms with van der Waals surface area (Å²) in [5.74, 6) is 0.953. The first kappa shape index (κ1) is 5.59. The normalized spacial score (nSPS) is 21.6. The fraction of sp³-hybridized carbons (Fsp3) is 0.250. The van der Waals surface area contributed by atoms with Gasteiger partial charge >= 0.3 is 0 Å². The standard InChI is InChI=1S/C8H8O2/c1-2-7-6-9-5-3-8(7)10-4-1/h1-3,6H,4-5H2. The smallest absolute Gasteiger partial charge is 0.129 e. The van der Waals surface area contributed by atoms with Crippen molar-refractivity contribution >= 4 is 0 Å². The molecule has 0 fully saturated rings. The molecule has 0 saturated heterocycles. The summed E-state index contributed by atoms with van der Waals surface area (Å²) in [4.78, 5) is 0. The second-order valence-corrected chi connectivity index (χ2v) is 2.19. The van der Waals surface area contributed by atoms with Crippen molar-refractivity contribution in [2.24, 2.45) is 0 Å². The highest BCUT2D eigenvalue weighted by molar-refractivity contribution is 5.38. The Hall–Kier alpha value is -1.18. The summed E-state index contributed by atoms with van der Waals surface area (Å²) >= 11 is 0. The maximum absolute atomic E-state index is 5.31. The molecule has 0 aliphatic carbocycles. The van der Waals surface area contributed by atoms with Crippen molar-refractivity contribution in [1.82, 2.24) is 0 Å². The van der Waals surface area contributed by atoms with Gasteiger partial charge in [-0.2, -0.15) is 0 Å². The second kappa shape index (κ2) is 2.21. The minimum Gasteiger partial charge on any atom is -0.496 e. The lowest BCUT2D eigenvalue weighted by Crippen LogP contribution is -2.06. The van der Waals surface area contributed by atoms with Crippen LogP contribution in [-0.2, 0) is 9.47 Å². The fourth-order valence-corrected chi connectivity index (χ4v) is 1.01. The highest BCUT2D eigenvalue weighted by atomic mass is 16.5. The zero-order valence-corrected chi connectivity index (χ0v) is 5.54.